The van der Waals surface area contributed by atoms with Crippen molar-refractivity contribution in [3.63, 3.8) is 0 Å². The van der Waals surface area contributed by atoms with Crippen LogP contribution in [0.2, 0.25) is 0 Å². The maximum Gasteiger partial charge on any atom is 0.123 e. The summed E-state index contributed by atoms with van der Waals surface area (Å²) in [5, 5.41) is 0. The molecular weight excluding hydrogens is 280 g/mol. The quantitative estimate of drug-likeness (QED) is 0.677. The predicted octanol–water partition coefficient (Wildman–Crippen LogP) is 5.30. The van der Waals surface area contributed by atoms with Crippen molar-refractivity contribution in [3.05, 3.63) is 34.9 Å². The molecule has 1 heteroatoms. The molecule has 6 atom stereocenters. The molecule has 0 N–H and O–H groups in total. The van der Waals surface area contributed by atoms with Crippen LogP contribution in [0.5, 0.6) is 0 Å². The van der Waals surface area contributed by atoms with Crippen LogP contribution < -0.4 is 0 Å². The molecule has 0 bridgehead atoms. The van der Waals surface area contributed by atoms with E-state index >= 15 is 0 Å². The Morgan fingerprint density at radius 3 is 2.83 bits per heavy atom. The van der Waals surface area contributed by atoms with Crippen LogP contribution in [0.25, 0.3) is 0 Å². The van der Waals surface area contributed by atoms with E-state index in [4.69, 9.17) is 0 Å². The number of carbonyl (C=O) groups excluding carboxylic acids is 1. The number of fused-ring (bicyclic) bond motifs is 5. The highest BCUT2D eigenvalue weighted by Gasteiger charge is 2.55. The smallest absolute Gasteiger partial charge is 0.123 e. The summed E-state index contributed by atoms with van der Waals surface area (Å²) in [6, 6.07) is 6.95. The maximum absolute atomic E-state index is 11.4. The fourth-order valence-corrected chi connectivity index (χ4v) is 6.80. The van der Waals surface area contributed by atoms with Gasteiger partial charge in [-0.05, 0) is 91.2 Å². The monoisotopic (exact) mass is 310 g/mol. The normalized spacial score (nSPS) is 40.0. The fraction of sp³-hybridized carbons (Fsp3) is 0.682. The highest BCUT2D eigenvalue weighted by atomic mass is 16.1. The Labute approximate surface area is 140 Å². The molecule has 2 fully saturated rings. The first-order valence-corrected chi connectivity index (χ1v) is 9.60. The van der Waals surface area contributed by atoms with E-state index in [1.54, 1.807) is 11.1 Å². The van der Waals surface area contributed by atoms with Crippen molar-refractivity contribution in [2.24, 2.45) is 29.1 Å². The molecule has 4 rings (SSSR count). The van der Waals surface area contributed by atoms with Crippen molar-refractivity contribution in [2.45, 2.75) is 65.2 Å². The SMILES string of the molecule is Cc1cccc2c1CC[C@@H]1[C@@H]2CC[C@]2(C)[C@@H]([C@@H](C)C=O)CC[C@@H]12. The van der Waals surface area contributed by atoms with Crippen LogP contribution in [0.3, 0.4) is 0 Å². The summed E-state index contributed by atoms with van der Waals surface area (Å²) in [7, 11) is 0. The summed E-state index contributed by atoms with van der Waals surface area (Å²) in [6.07, 6.45) is 9.11. The van der Waals surface area contributed by atoms with Gasteiger partial charge in [0, 0.05) is 5.92 Å². The van der Waals surface area contributed by atoms with Gasteiger partial charge < -0.3 is 4.79 Å². The Hall–Kier alpha value is -1.11. The molecule has 1 nitrogen and oxygen atoms in total. The van der Waals surface area contributed by atoms with Gasteiger partial charge in [0.2, 0.25) is 0 Å². The van der Waals surface area contributed by atoms with Gasteiger partial charge in [0.15, 0.2) is 0 Å². The maximum atomic E-state index is 11.4. The van der Waals surface area contributed by atoms with Crippen molar-refractivity contribution in [1.29, 1.82) is 0 Å². The van der Waals surface area contributed by atoms with Gasteiger partial charge in [0.25, 0.3) is 0 Å². The summed E-state index contributed by atoms with van der Waals surface area (Å²) in [4.78, 5) is 11.4. The Bertz CT molecular complexity index is 618. The third kappa shape index (κ3) is 2.15. The standard InChI is InChI=1S/C22H30O/c1-14-5-4-6-17-16(14)7-8-19-18(17)11-12-22(3)20(15(2)13-23)9-10-21(19)22/h4-6,13,15,18-21H,7-12H2,1-3H3/t15-,18+,19+,20+,21-,22+/m0/s1. The van der Waals surface area contributed by atoms with E-state index in [-0.39, 0.29) is 5.92 Å². The number of hydrogen-bond donors (Lipinski definition) is 0. The molecule has 0 saturated heterocycles. The van der Waals surface area contributed by atoms with Crippen LogP contribution in [0.4, 0.5) is 0 Å². The molecule has 23 heavy (non-hydrogen) atoms. The molecule has 1 aromatic carbocycles. The van der Waals surface area contributed by atoms with Crippen LogP contribution in [-0.2, 0) is 11.2 Å². The van der Waals surface area contributed by atoms with E-state index in [1.165, 1.54) is 50.4 Å². The van der Waals surface area contributed by atoms with Crippen LogP contribution >= 0.6 is 0 Å². The average Bonchev–Trinajstić information content (AvgIpc) is 2.91. The van der Waals surface area contributed by atoms with Crippen LogP contribution in [0, 0.1) is 36.0 Å². The first kappa shape index (κ1) is 15.4. The molecule has 0 unspecified atom stereocenters. The van der Waals surface area contributed by atoms with Crippen LogP contribution in [0.1, 0.15) is 68.6 Å². The molecule has 0 radical (unpaired) electrons. The molecule has 0 spiro atoms. The number of rotatable bonds is 2. The Morgan fingerprint density at radius 2 is 2.04 bits per heavy atom. The summed E-state index contributed by atoms with van der Waals surface area (Å²) >= 11 is 0. The third-order valence-corrected chi connectivity index (χ3v) is 7.93. The largest absolute Gasteiger partial charge is 0.303 e. The lowest BCUT2D eigenvalue weighted by Crippen LogP contribution is -2.43. The minimum Gasteiger partial charge on any atom is -0.303 e. The van der Waals surface area contributed by atoms with Gasteiger partial charge in [-0.25, -0.2) is 0 Å². The first-order valence-electron chi connectivity index (χ1n) is 9.60. The third-order valence-electron chi connectivity index (χ3n) is 7.93. The zero-order valence-electron chi connectivity index (χ0n) is 14.8. The van der Waals surface area contributed by atoms with Crippen LogP contribution in [-0.4, -0.2) is 6.29 Å². The van der Waals surface area contributed by atoms with Crippen molar-refractivity contribution >= 4 is 6.29 Å². The van der Waals surface area contributed by atoms with Crippen molar-refractivity contribution < 1.29 is 4.79 Å². The lowest BCUT2D eigenvalue weighted by Gasteiger charge is -2.51. The summed E-state index contributed by atoms with van der Waals surface area (Å²) in [5.74, 6) is 3.32. The summed E-state index contributed by atoms with van der Waals surface area (Å²) in [5.41, 5.74) is 5.21. The molecule has 0 heterocycles. The zero-order valence-corrected chi connectivity index (χ0v) is 14.8. The second-order valence-corrected chi connectivity index (χ2v) is 8.78. The molecule has 1 aromatic rings. The number of aryl methyl sites for hydroxylation is 1. The molecule has 0 aromatic heterocycles. The number of benzene rings is 1. The van der Waals surface area contributed by atoms with Gasteiger partial charge in [0.05, 0.1) is 0 Å². The van der Waals surface area contributed by atoms with Crippen molar-refractivity contribution in [3.8, 4) is 0 Å². The van der Waals surface area contributed by atoms with Gasteiger partial charge >= 0.3 is 0 Å². The molecule has 3 aliphatic rings. The van der Waals surface area contributed by atoms with Gasteiger partial charge in [-0.1, -0.05) is 32.0 Å². The topological polar surface area (TPSA) is 17.1 Å². The predicted molar refractivity (Wildman–Crippen MR) is 94.5 cm³/mol. The zero-order chi connectivity index (χ0) is 16.2. The lowest BCUT2D eigenvalue weighted by molar-refractivity contribution is -0.114. The van der Waals surface area contributed by atoms with E-state index < -0.39 is 0 Å². The Balaban J connectivity index is 1.67. The first-order chi connectivity index (χ1) is 11.1. The molecule has 3 aliphatic carbocycles. The van der Waals surface area contributed by atoms with E-state index in [1.807, 2.05) is 0 Å². The second kappa shape index (κ2) is 5.46. The van der Waals surface area contributed by atoms with Gasteiger partial charge in [0.1, 0.15) is 6.29 Å². The number of hydrogen-bond acceptors (Lipinski definition) is 1. The molecule has 0 amide bonds. The van der Waals surface area contributed by atoms with Gasteiger partial charge in [-0.3, -0.25) is 0 Å². The summed E-state index contributed by atoms with van der Waals surface area (Å²) in [6.45, 7) is 6.94. The molecule has 124 valence electrons. The minimum atomic E-state index is 0.236. The molecule has 2 saturated carbocycles. The van der Waals surface area contributed by atoms with Gasteiger partial charge in [-0.15, -0.1) is 0 Å². The number of aldehydes is 1. The van der Waals surface area contributed by atoms with E-state index in [0.29, 0.717) is 11.3 Å². The number of carbonyl (C=O) groups is 1. The van der Waals surface area contributed by atoms with Gasteiger partial charge in [-0.2, -0.15) is 0 Å². The average molecular weight is 310 g/mol. The lowest BCUT2D eigenvalue weighted by atomic mass is 9.53. The summed E-state index contributed by atoms with van der Waals surface area (Å²) < 4.78 is 0. The van der Waals surface area contributed by atoms with E-state index in [2.05, 4.69) is 39.0 Å². The Kier molecular flexibility index (Phi) is 3.66. The van der Waals surface area contributed by atoms with E-state index in [0.717, 1.165) is 17.8 Å². The second-order valence-electron chi connectivity index (χ2n) is 8.78. The fourth-order valence-electron chi connectivity index (χ4n) is 6.80. The van der Waals surface area contributed by atoms with Crippen molar-refractivity contribution in [2.75, 3.05) is 0 Å². The highest BCUT2D eigenvalue weighted by Crippen LogP contribution is 2.64. The molecular formula is C22H30O. The molecule has 0 aliphatic heterocycles. The minimum absolute atomic E-state index is 0.236. The van der Waals surface area contributed by atoms with E-state index in [9.17, 15) is 4.79 Å². The van der Waals surface area contributed by atoms with Crippen LogP contribution in [0.15, 0.2) is 18.2 Å². The highest BCUT2D eigenvalue weighted by molar-refractivity contribution is 5.54. The Morgan fingerprint density at radius 1 is 1.22 bits per heavy atom. The van der Waals surface area contributed by atoms with Crippen molar-refractivity contribution in [1.82, 2.24) is 0 Å².